The summed E-state index contributed by atoms with van der Waals surface area (Å²) in [5.41, 5.74) is -0.156. The van der Waals surface area contributed by atoms with E-state index < -0.39 is 29.4 Å². The number of ether oxygens (including phenoxy) is 2. The van der Waals surface area contributed by atoms with Crippen molar-refractivity contribution in [1.82, 2.24) is 0 Å². The Labute approximate surface area is 158 Å². The van der Waals surface area contributed by atoms with E-state index in [1.807, 2.05) is 0 Å². The van der Waals surface area contributed by atoms with Gasteiger partial charge >= 0.3 is 11.9 Å². The Hall–Kier alpha value is -3.46. The van der Waals surface area contributed by atoms with Crippen molar-refractivity contribution in [3.8, 4) is 0 Å². The van der Waals surface area contributed by atoms with Crippen LogP contribution in [0.5, 0.6) is 0 Å². The number of halogens is 1. The van der Waals surface area contributed by atoms with Gasteiger partial charge in [0.05, 0.1) is 33.9 Å². The molecule has 27 heavy (non-hydrogen) atoms. The minimum atomic E-state index is -0.888. The fraction of sp³-hybridized carbons (Fsp3) is 0.118. The predicted octanol–water partition coefficient (Wildman–Crippen LogP) is 2.83. The molecule has 9 nitrogen and oxygen atoms in total. The summed E-state index contributed by atoms with van der Waals surface area (Å²) < 4.78 is 9.47. The Morgan fingerprint density at radius 1 is 1.11 bits per heavy atom. The summed E-state index contributed by atoms with van der Waals surface area (Å²) in [5, 5.41) is 13.0. The minimum absolute atomic E-state index is 0.00354. The molecule has 0 saturated heterocycles. The Morgan fingerprint density at radius 2 is 1.74 bits per heavy atom. The normalized spacial score (nSPS) is 10.0. The molecule has 2 rings (SSSR count). The number of nitro benzene ring substituents is 1. The number of amides is 1. The van der Waals surface area contributed by atoms with Gasteiger partial charge in [0.25, 0.3) is 11.6 Å². The largest absolute Gasteiger partial charge is 0.465 e. The Morgan fingerprint density at radius 3 is 2.30 bits per heavy atom. The van der Waals surface area contributed by atoms with Crippen LogP contribution >= 0.6 is 11.6 Å². The van der Waals surface area contributed by atoms with E-state index in [2.05, 4.69) is 10.1 Å². The first-order valence-electron chi connectivity index (χ1n) is 7.41. The Bertz CT molecular complexity index is 914. The van der Waals surface area contributed by atoms with Crippen LogP contribution in [0.2, 0.25) is 5.02 Å². The summed E-state index contributed by atoms with van der Waals surface area (Å²) >= 11 is 5.87. The monoisotopic (exact) mass is 392 g/mol. The number of esters is 2. The van der Waals surface area contributed by atoms with E-state index >= 15 is 0 Å². The zero-order valence-corrected chi connectivity index (χ0v) is 14.7. The van der Waals surface area contributed by atoms with Gasteiger partial charge in [0.15, 0.2) is 6.61 Å². The summed E-state index contributed by atoms with van der Waals surface area (Å²) in [6.45, 7) is -0.651. The fourth-order valence-corrected chi connectivity index (χ4v) is 2.29. The molecule has 0 aromatic heterocycles. The lowest BCUT2D eigenvalue weighted by Gasteiger charge is -2.09. The first kappa shape index (κ1) is 19.9. The van der Waals surface area contributed by atoms with Crippen molar-refractivity contribution in [3.63, 3.8) is 0 Å². The van der Waals surface area contributed by atoms with Crippen LogP contribution in [0.15, 0.2) is 42.5 Å². The molecular weight excluding hydrogens is 380 g/mol. The lowest BCUT2D eigenvalue weighted by atomic mass is 10.1. The average molecular weight is 393 g/mol. The molecule has 0 atom stereocenters. The van der Waals surface area contributed by atoms with Crippen LogP contribution in [0.25, 0.3) is 0 Å². The van der Waals surface area contributed by atoms with E-state index in [0.29, 0.717) is 0 Å². The standard InChI is InChI=1S/C17H13ClN2O7/c1-26-16(22)11-4-2-3-5-12(11)17(23)27-9-15(21)19-14-7-6-10(20(24)25)8-13(14)18/h2-8H,9H2,1H3,(H,19,21). The quantitative estimate of drug-likeness (QED) is 0.455. The number of non-ortho nitro benzene ring substituents is 1. The molecule has 0 heterocycles. The van der Waals surface area contributed by atoms with Crippen molar-refractivity contribution in [2.75, 3.05) is 19.0 Å². The maximum Gasteiger partial charge on any atom is 0.339 e. The highest BCUT2D eigenvalue weighted by atomic mass is 35.5. The number of nitrogens with one attached hydrogen (secondary N) is 1. The number of hydrogen-bond donors (Lipinski definition) is 1. The van der Waals surface area contributed by atoms with Gasteiger partial charge in [-0.05, 0) is 18.2 Å². The lowest BCUT2D eigenvalue weighted by molar-refractivity contribution is -0.384. The van der Waals surface area contributed by atoms with Gasteiger partial charge in [-0.25, -0.2) is 9.59 Å². The number of benzene rings is 2. The van der Waals surface area contributed by atoms with Crippen molar-refractivity contribution in [3.05, 3.63) is 68.7 Å². The molecule has 0 spiro atoms. The van der Waals surface area contributed by atoms with Crippen LogP contribution in [-0.4, -0.2) is 36.5 Å². The van der Waals surface area contributed by atoms with Crippen LogP contribution in [0.4, 0.5) is 11.4 Å². The maximum atomic E-state index is 12.1. The molecule has 0 bridgehead atoms. The Kier molecular flexibility index (Phi) is 6.45. The van der Waals surface area contributed by atoms with Gasteiger partial charge < -0.3 is 14.8 Å². The summed E-state index contributed by atoms with van der Waals surface area (Å²) in [4.78, 5) is 45.7. The molecule has 1 N–H and O–H groups in total. The highest BCUT2D eigenvalue weighted by molar-refractivity contribution is 6.34. The molecule has 2 aromatic carbocycles. The van der Waals surface area contributed by atoms with Gasteiger partial charge in [0.1, 0.15) is 0 Å². The second-order valence-electron chi connectivity index (χ2n) is 5.08. The first-order chi connectivity index (χ1) is 12.8. The van der Waals surface area contributed by atoms with Crippen LogP contribution in [-0.2, 0) is 14.3 Å². The van der Waals surface area contributed by atoms with Crippen LogP contribution in [0, 0.1) is 10.1 Å². The van der Waals surface area contributed by atoms with E-state index in [1.54, 1.807) is 6.07 Å². The smallest absolute Gasteiger partial charge is 0.339 e. The minimum Gasteiger partial charge on any atom is -0.465 e. The van der Waals surface area contributed by atoms with Crippen molar-refractivity contribution in [2.24, 2.45) is 0 Å². The molecule has 0 saturated carbocycles. The summed E-state index contributed by atoms with van der Waals surface area (Å²) in [6, 6.07) is 9.33. The third-order valence-electron chi connectivity index (χ3n) is 3.32. The topological polar surface area (TPSA) is 125 Å². The molecule has 0 aliphatic rings. The van der Waals surface area contributed by atoms with Crippen molar-refractivity contribution < 1.29 is 28.8 Å². The predicted molar refractivity (Wildman–Crippen MR) is 94.8 cm³/mol. The van der Waals surface area contributed by atoms with Crippen LogP contribution in [0.1, 0.15) is 20.7 Å². The van der Waals surface area contributed by atoms with Crippen LogP contribution in [0.3, 0.4) is 0 Å². The number of nitrogens with zero attached hydrogens (tertiary/aromatic N) is 1. The third-order valence-corrected chi connectivity index (χ3v) is 3.64. The molecule has 1 amide bonds. The summed E-state index contributed by atoms with van der Waals surface area (Å²) in [6.07, 6.45) is 0. The molecular formula is C17H13ClN2O7. The van der Waals surface area contributed by atoms with Gasteiger partial charge in [-0.2, -0.15) is 0 Å². The molecule has 140 valence electrons. The van der Waals surface area contributed by atoms with Crippen LogP contribution < -0.4 is 5.32 Å². The van der Waals surface area contributed by atoms with E-state index in [9.17, 15) is 24.5 Å². The molecule has 0 fully saturated rings. The number of hydrogen-bond acceptors (Lipinski definition) is 7. The fourth-order valence-electron chi connectivity index (χ4n) is 2.06. The van der Waals surface area contributed by atoms with E-state index in [1.165, 1.54) is 37.4 Å². The molecule has 0 aliphatic carbocycles. The molecule has 0 unspecified atom stereocenters. The zero-order valence-electron chi connectivity index (χ0n) is 13.9. The second kappa shape index (κ2) is 8.77. The zero-order chi connectivity index (χ0) is 20.0. The Balaban J connectivity index is 2.01. The molecule has 2 aromatic rings. The van der Waals surface area contributed by atoms with Gasteiger partial charge in [-0.1, -0.05) is 23.7 Å². The highest BCUT2D eigenvalue weighted by Gasteiger charge is 2.19. The average Bonchev–Trinajstić information content (AvgIpc) is 2.66. The number of anilines is 1. The van der Waals surface area contributed by atoms with Gasteiger partial charge in [-0.15, -0.1) is 0 Å². The van der Waals surface area contributed by atoms with E-state index in [-0.39, 0.29) is 27.5 Å². The lowest BCUT2D eigenvalue weighted by Crippen LogP contribution is -2.22. The molecule has 0 radical (unpaired) electrons. The third kappa shape index (κ3) is 5.02. The summed E-state index contributed by atoms with van der Waals surface area (Å²) in [7, 11) is 1.17. The van der Waals surface area contributed by atoms with Crippen molar-refractivity contribution in [1.29, 1.82) is 0 Å². The van der Waals surface area contributed by atoms with Gasteiger partial charge in [0, 0.05) is 12.1 Å². The van der Waals surface area contributed by atoms with Gasteiger partial charge in [-0.3, -0.25) is 14.9 Å². The van der Waals surface area contributed by atoms with E-state index in [4.69, 9.17) is 16.3 Å². The van der Waals surface area contributed by atoms with Crippen molar-refractivity contribution in [2.45, 2.75) is 0 Å². The summed E-state index contributed by atoms with van der Waals surface area (Å²) in [5.74, 6) is -2.32. The first-order valence-corrected chi connectivity index (χ1v) is 7.79. The number of methoxy groups -OCH3 is 1. The van der Waals surface area contributed by atoms with Gasteiger partial charge in [0.2, 0.25) is 0 Å². The maximum absolute atomic E-state index is 12.1. The number of carbonyl (C=O) groups is 3. The second-order valence-corrected chi connectivity index (χ2v) is 5.49. The number of nitro groups is 1. The molecule has 10 heteroatoms. The number of rotatable bonds is 6. The molecule has 0 aliphatic heterocycles. The highest BCUT2D eigenvalue weighted by Crippen LogP contribution is 2.26. The van der Waals surface area contributed by atoms with E-state index in [0.717, 1.165) is 6.07 Å². The van der Waals surface area contributed by atoms with Crippen molar-refractivity contribution >= 4 is 40.8 Å². The number of carbonyl (C=O) groups excluding carboxylic acids is 3. The SMILES string of the molecule is COC(=O)c1ccccc1C(=O)OCC(=O)Nc1ccc([N+](=O)[O-])cc1Cl.